The molecule has 8 heteroatoms. The van der Waals surface area contributed by atoms with Gasteiger partial charge < -0.3 is 15.7 Å². The first kappa shape index (κ1) is 15.2. The first-order valence-corrected chi connectivity index (χ1v) is 5.78. The Morgan fingerprint density at radius 2 is 2.21 bits per heavy atom. The smallest absolute Gasteiger partial charge is 0.294 e. The van der Waals surface area contributed by atoms with Gasteiger partial charge in [0, 0.05) is 25.2 Å². The maximum absolute atomic E-state index is 12.0. The number of aliphatic hydroxyl groups is 1. The van der Waals surface area contributed by atoms with Gasteiger partial charge in [-0.25, -0.2) is 0 Å². The van der Waals surface area contributed by atoms with Crippen molar-refractivity contribution in [3.63, 3.8) is 0 Å². The van der Waals surface area contributed by atoms with Crippen LogP contribution in [0.1, 0.15) is 17.3 Å². The van der Waals surface area contributed by atoms with Crippen LogP contribution in [0, 0.1) is 10.1 Å². The van der Waals surface area contributed by atoms with Gasteiger partial charge in [0.15, 0.2) is 0 Å². The van der Waals surface area contributed by atoms with Crippen LogP contribution in [0.25, 0.3) is 0 Å². The molecule has 0 saturated carbocycles. The van der Waals surface area contributed by atoms with Gasteiger partial charge in [0.1, 0.15) is 5.69 Å². The zero-order valence-electron chi connectivity index (χ0n) is 10.5. The van der Waals surface area contributed by atoms with Crippen LogP contribution >= 0.6 is 11.6 Å². The first-order chi connectivity index (χ1) is 8.73. The lowest BCUT2D eigenvalue weighted by atomic mass is 10.1. The van der Waals surface area contributed by atoms with Crippen molar-refractivity contribution in [2.75, 3.05) is 19.3 Å². The van der Waals surface area contributed by atoms with Crippen LogP contribution in [0.5, 0.6) is 0 Å². The molecule has 3 N–H and O–H groups in total. The van der Waals surface area contributed by atoms with Crippen molar-refractivity contribution in [1.29, 1.82) is 0 Å². The average Bonchev–Trinajstić information content (AvgIpc) is 2.30. The summed E-state index contributed by atoms with van der Waals surface area (Å²) in [7, 11) is 1.48. The fraction of sp³-hybridized carbons (Fsp3) is 0.364. The van der Waals surface area contributed by atoms with Crippen molar-refractivity contribution in [3.8, 4) is 0 Å². The molecule has 104 valence electrons. The minimum atomic E-state index is -0.702. The molecule has 0 saturated heterocycles. The van der Waals surface area contributed by atoms with Gasteiger partial charge >= 0.3 is 0 Å². The molecule has 1 aromatic rings. The lowest BCUT2D eigenvalue weighted by Gasteiger charge is -2.19. The molecule has 0 spiro atoms. The highest BCUT2D eigenvalue weighted by atomic mass is 35.5. The molecule has 1 amide bonds. The maximum Gasteiger partial charge on any atom is 0.294 e. The summed E-state index contributed by atoms with van der Waals surface area (Å²) < 4.78 is 0. The average molecular weight is 288 g/mol. The van der Waals surface area contributed by atoms with Gasteiger partial charge in [-0.1, -0.05) is 11.6 Å². The maximum atomic E-state index is 12.0. The summed E-state index contributed by atoms with van der Waals surface area (Å²) in [5.41, 5.74) is 4.93. The molecule has 0 bridgehead atoms. The summed E-state index contributed by atoms with van der Waals surface area (Å²) in [5.74, 6) is -0.481. The standard InChI is InChI=1S/C11H14ClN3O4/c1-6(16)5-14(2)11(17)7-3-8(12)10(13)9(4-7)15(18)19/h3-4,6,16H,5,13H2,1-2H3. The van der Waals surface area contributed by atoms with Gasteiger partial charge in [0.05, 0.1) is 16.0 Å². The SMILES string of the molecule is CC(O)CN(C)C(=O)c1cc(Cl)c(N)c([N+](=O)[O-])c1. The van der Waals surface area contributed by atoms with Crippen LogP contribution in [0.15, 0.2) is 12.1 Å². The van der Waals surface area contributed by atoms with Gasteiger partial charge in [0.25, 0.3) is 11.6 Å². The van der Waals surface area contributed by atoms with Crippen LogP contribution in [0.3, 0.4) is 0 Å². The second-order valence-corrected chi connectivity index (χ2v) is 4.59. The third-order valence-corrected chi connectivity index (χ3v) is 2.75. The third-order valence-electron chi connectivity index (χ3n) is 2.44. The summed E-state index contributed by atoms with van der Waals surface area (Å²) in [6.45, 7) is 1.64. The zero-order chi connectivity index (χ0) is 14.7. The molecule has 1 atom stereocenters. The number of anilines is 1. The topological polar surface area (TPSA) is 110 Å². The predicted molar refractivity (Wildman–Crippen MR) is 71.2 cm³/mol. The molecule has 0 aliphatic rings. The Labute approximate surface area is 114 Å². The number of carbonyl (C=O) groups excluding carboxylic acids is 1. The molecular weight excluding hydrogens is 274 g/mol. The number of hydrogen-bond donors (Lipinski definition) is 2. The molecule has 1 rings (SSSR count). The largest absolute Gasteiger partial charge is 0.392 e. The monoisotopic (exact) mass is 287 g/mol. The van der Waals surface area contributed by atoms with E-state index < -0.39 is 22.6 Å². The Morgan fingerprint density at radius 3 is 2.68 bits per heavy atom. The number of nitrogens with two attached hydrogens (primary N) is 1. The highest BCUT2D eigenvalue weighted by molar-refractivity contribution is 6.34. The minimum Gasteiger partial charge on any atom is -0.392 e. The van der Waals surface area contributed by atoms with Crippen molar-refractivity contribution in [3.05, 3.63) is 32.8 Å². The summed E-state index contributed by atoms with van der Waals surface area (Å²) in [4.78, 5) is 23.4. The molecule has 0 aromatic heterocycles. The quantitative estimate of drug-likeness (QED) is 0.492. The molecule has 7 nitrogen and oxygen atoms in total. The molecule has 19 heavy (non-hydrogen) atoms. The van der Waals surface area contributed by atoms with Crippen molar-refractivity contribution in [2.45, 2.75) is 13.0 Å². The van der Waals surface area contributed by atoms with E-state index in [0.717, 1.165) is 6.07 Å². The minimum absolute atomic E-state index is 0.0500. The van der Waals surface area contributed by atoms with E-state index in [-0.39, 0.29) is 22.8 Å². The Hall–Kier alpha value is -1.86. The van der Waals surface area contributed by atoms with E-state index in [0.29, 0.717) is 0 Å². The van der Waals surface area contributed by atoms with E-state index >= 15 is 0 Å². The van der Waals surface area contributed by atoms with E-state index in [9.17, 15) is 20.0 Å². The number of hydrogen-bond acceptors (Lipinski definition) is 5. The van der Waals surface area contributed by atoms with Gasteiger partial charge in [-0.15, -0.1) is 0 Å². The summed E-state index contributed by atoms with van der Waals surface area (Å²) in [5, 5.41) is 20.0. The summed E-state index contributed by atoms with van der Waals surface area (Å²) in [6.07, 6.45) is -0.701. The number of amides is 1. The van der Waals surface area contributed by atoms with Gasteiger partial charge in [0.2, 0.25) is 0 Å². The Bertz CT molecular complexity index is 519. The van der Waals surface area contributed by atoms with Crippen LogP contribution in [0.4, 0.5) is 11.4 Å². The van der Waals surface area contributed by atoms with E-state index in [1.54, 1.807) is 0 Å². The lowest BCUT2D eigenvalue weighted by molar-refractivity contribution is -0.383. The number of carbonyl (C=O) groups is 1. The van der Waals surface area contributed by atoms with Gasteiger partial charge in [-0.05, 0) is 13.0 Å². The number of benzene rings is 1. The highest BCUT2D eigenvalue weighted by Crippen LogP contribution is 2.31. The number of halogens is 1. The number of rotatable bonds is 4. The van der Waals surface area contributed by atoms with Crippen LogP contribution in [0.2, 0.25) is 5.02 Å². The molecule has 0 fully saturated rings. The van der Waals surface area contributed by atoms with Crippen LogP contribution in [-0.2, 0) is 0 Å². The lowest BCUT2D eigenvalue weighted by Crippen LogP contribution is -2.33. The van der Waals surface area contributed by atoms with Crippen LogP contribution < -0.4 is 5.73 Å². The third kappa shape index (κ3) is 3.55. The number of nitrogen functional groups attached to an aromatic ring is 1. The predicted octanol–water partition coefficient (Wildman–Crippen LogP) is 1.28. The Kier molecular flexibility index (Phi) is 4.68. The fourth-order valence-corrected chi connectivity index (χ4v) is 1.79. The van der Waals surface area contributed by atoms with E-state index in [1.807, 2.05) is 0 Å². The van der Waals surface area contributed by atoms with E-state index in [2.05, 4.69) is 0 Å². The molecule has 1 aromatic carbocycles. The molecule has 1 unspecified atom stereocenters. The van der Waals surface area contributed by atoms with Crippen LogP contribution in [-0.4, -0.2) is 40.5 Å². The normalized spacial score (nSPS) is 12.0. The summed E-state index contributed by atoms with van der Waals surface area (Å²) in [6, 6.07) is 2.34. The van der Waals surface area contributed by atoms with Crippen molar-refractivity contribution >= 4 is 28.9 Å². The number of nitro benzene ring substituents is 1. The van der Waals surface area contributed by atoms with Crippen molar-refractivity contribution in [1.82, 2.24) is 4.90 Å². The fourth-order valence-electron chi connectivity index (χ4n) is 1.58. The molecule has 0 aliphatic heterocycles. The molecular formula is C11H14ClN3O4. The second-order valence-electron chi connectivity index (χ2n) is 4.18. The number of nitrogens with zero attached hydrogens (tertiary/aromatic N) is 2. The zero-order valence-corrected chi connectivity index (χ0v) is 11.2. The summed E-state index contributed by atoms with van der Waals surface area (Å²) >= 11 is 5.77. The number of likely N-dealkylation sites (N-methyl/N-ethyl adjacent to an activating group) is 1. The molecule has 0 heterocycles. The molecule has 0 radical (unpaired) electrons. The van der Waals surface area contributed by atoms with E-state index in [4.69, 9.17) is 17.3 Å². The Morgan fingerprint density at radius 1 is 1.63 bits per heavy atom. The van der Waals surface area contributed by atoms with Crippen molar-refractivity contribution < 1.29 is 14.8 Å². The Balaban J connectivity index is 3.14. The second kappa shape index (κ2) is 5.85. The number of nitro groups is 1. The number of aliphatic hydroxyl groups excluding tert-OH is 1. The first-order valence-electron chi connectivity index (χ1n) is 5.41. The van der Waals surface area contributed by atoms with Gasteiger partial charge in [-0.3, -0.25) is 14.9 Å². The van der Waals surface area contributed by atoms with Crippen molar-refractivity contribution in [2.24, 2.45) is 0 Å². The molecule has 0 aliphatic carbocycles. The highest BCUT2D eigenvalue weighted by Gasteiger charge is 2.21. The van der Waals surface area contributed by atoms with Gasteiger partial charge in [-0.2, -0.15) is 0 Å². The van der Waals surface area contributed by atoms with E-state index in [1.165, 1.54) is 24.9 Å².